The van der Waals surface area contributed by atoms with E-state index in [0.717, 1.165) is 22.0 Å². The Morgan fingerprint density at radius 3 is 2.81 bits per heavy atom. The van der Waals surface area contributed by atoms with Gasteiger partial charge in [-0.1, -0.05) is 12.1 Å². The molecule has 3 aromatic heterocycles. The number of nitrogens with zero attached hydrogens (tertiary/aromatic N) is 6. The van der Waals surface area contributed by atoms with Crippen molar-refractivity contribution in [3.05, 3.63) is 66.1 Å². The van der Waals surface area contributed by atoms with Crippen LogP contribution in [-0.4, -0.2) is 43.6 Å². The van der Waals surface area contributed by atoms with Gasteiger partial charge in [0.2, 0.25) is 12.1 Å². The van der Waals surface area contributed by atoms with Gasteiger partial charge in [-0.25, -0.2) is 9.97 Å². The molecule has 160 valence electrons. The number of nitrogens with one attached hydrogen (secondary N) is 1. The van der Waals surface area contributed by atoms with Gasteiger partial charge in [0.05, 0.1) is 18.1 Å². The highest BCUT2D eigenvalue weighted by atomic mass is 32.2. The molecule has 1 amide bonds. The first kappa shape index (κ1) is 20.9. The minimum absolute atomic E-state index is 0.165. The van der Waals surface area contributed by atoms with Crippen LogP contribution < -0.4 is 10.2 Å². The van der Waals surface area contributed by atoms with Gasteiger partial charge in [-0.2, -0.15) is 0 Å². The van der Waals surface area contributed by atoms with Crippen LogP contribution in [0.4, 0.5) is 5.69 Å². The molecule has 31 heavy (non-hydrogen) atoms. The fraction of sp³-hybridized carbons (Fsp3) is 0.286. The van der Waals surface area contributed by atoms with Crippen LogP contribution in [0.1, 0.15) is 42.0 Å². The first-order valence-electron chi connectivity index (χ1n) is 9.96. The van der Waals surface area contributed by atoms with E-state index in [1.807, 2.05) is 25.1 Å². The second-order valence-electron chi connectivity index (χ2n) is 6.69. The first-order chi connectivity index (χ1) is 15.1. The highest BCUT2D eigenvalue weighted by Gasteiger charge is 2.29. The number of rotatable bonds is 7. The lowest BCUT2D eigenvalue weighted by atomic mass is 10.2. The summed E-state index contributed by atoms with van der Waals surface area (Å²) < 4.78 is 1.71. The predicted molar refractivity (Wildman–Crippen MR) is 119 cm³/mol. The Morgan fingerprint density at radius 2 is 2.06 bits per heavy atom. The van der Waals surface area contributed by atoms with E-state index in [1.54, 1.807) is 59.1 Å². The zero-order valence-electron chi connectivity index (χ0n) is 17.5. The van der Waals surface area contributed by atoms with E-state index in [9.17, 15) is 4.79 Å². The zero-order chi connectivity index (χ0) is 21.8. The van der Waals surface area contributed by atoms with Crippen LogP contribution in [-0.2, 0) is 11.9 Å². The summed E-state index contributed by atoms with van der Waals surface area (Å²) in [5, 5.41) is 8.31. The van der Waals surface area contributed by atoms with E-state index >= 15 is 0 Å². The third kappa shape index (κ3) is 4.11. The van der Waals surface area contributed by atoms with Crippen molar-refractivity contribution in [3.8, 4) is 0 Å². The van der Waals surface area contributed by atoms with Crippen molar-refractivity contribution in [1.29, 1.82) is 0 Å². The maximum atomic E-state index is 13.2. The van der Waals surface area contributed by atoms with Crippen molar-refractivity contribution < 1.29 is 9.63 Å². The summed E-state index contributed by atoms with van der Waals surface area (Å²) >= 11 is 1.64. The maximum Gasteiger partial charge on any atom is 0.276 e. The number of hydrogen-bond donors (Lipinski definition) is 1. The third-order valence-electron chi connectivity index (χ3n) is 4.82. The number of carbonyl (C=O) groups excluding carboxylic acids is 1. The Morgan fingerprint density at radius 1 is 1.23 bits per heavy atom. The van der Waals surface area contributed by atoms with Gasteiger partial charge in [-0.05, 0) is 36.9 Å². The highest BCUT2D eigenvalue weighted by molar-refractivity contribution is 7.99. The molecule has 1 atom stereocenters. The largest absolute Gasteiger partial charge is 0.363 e. The summed E-state index contributed by atoms with van der Waals surface area (Å²) in [6.45, 7) is 4.50. The smallest absolute Gasteiger partial charge is 0.276 e. The number of aromatic nitrogens is 4. The number of hydrogen-bond acceptors (Lipinski definition) is 8. The molecule has 10 heteroatoms. The molecule has 4 heterocycles. The molecule has 1 aliphatic rings. The van der Waals surface area contributed by atoms with E-state index in [4.69, 9.17) is 4.84 Å². The molecule has 0 saturated carbocycles. The van der Waals surface area contributed by atoms with Crippen LogP contribution >= 0.6 is 11.8 Å². The first-order valence-corrected chi connectivity index (χ1v) is 10.9. The summed E-state index contributed by atoms with van der Waals surface area (Å²) in [4.78, 5) is 33.4. The molecule has 0 radical (unpaired) electrons. The van der Waals surface area contributed by atoms with Crippen molar-refractivity contribution in [2.45, 2.75) is 25.1 Å². The van der Waals surface area contributed by atoms with Gasteiger partial charge in [0.25, 0.3) is 5.91 Å². The van der Waals surface area contributed by atoms with Crippen molar-refractivity contribution in [1.82, 2.24) is 24.8 Å². The van der Waals surface area contributed by atoms with Crippen LogP contribution in [0.15, 0.2) is 59.2 Å². The minimum Gasteiger partial charge on any atom is -0.363 e. The number of amides is 1. The van der Waals surface area contributed by atoms with Crippen LogP contribution in [0.25, 0.3) is 0 Å². The minimum atomic E-state index is -0.462. The fourth-order valence-electron chi connectivity index (χ4n) is 3.31. The summed E-state index contributed by atoms with van der Waals surface area (Å²) in [5.41, 5.74) is 2.08. The lowest BCUT2D eigenvalue weighted by Gasteiger charge is -2.20. The monoisotopic (exact) mass is 437 g/mol. The Bertz CT molecular complexity index is 1100. The van der Waals surface area contributed by atoms with E-state index in [2.05, 4.69) is 32.3 Å². The summed E-state index contributed by atoms with van der Waals surface area (Å²) in [6, 6.07) is 7.49. The fourth-order valence-corrected chi connectivity index (χ4v) is 4.06. The normalized spacial score (nSPS) is 15.2. The molecule has 0 aliphatic carbocycles. The molecule has 0 spiro atoms. The van der Waals surface area contributed by atoms with Gasteiger partial charge in [0, 0.05) is 31.5 Å². The van der Waals surface area contributed by atoms with Crippen LogP contribution in [0.3, 0.4) is 0 Å². The second kappa shape index (κ2) is 9.17. The molecule has 0 aromatic carbocycles. The van der Waals surface area contributed by atoms with Crippen LogP contribution in [0.5, 0.6) is 0 Å². The average molecular weight is 438 g/mol. The van der Waals surface area contributed by atoms with E-state index < -0.39 is 6.23 Å². The average Bonchev–Trinajstić information content (AvgIpc) is 3.42. The van der Waals surface area contributed by atoms with Crippen molar-refractivity contribution in [2.24, 2.45) is 12.2 Å². The quantitative estimate of drug-likeness (QED) is 0.568. The van der Waals surface area contributed by atoms with Gasteiger partial charge in [-0.3, -0.25) is 9.78 Å². The molecule has 0 bridgehead atoms. The Hall–Kier alpha value is -3.40. The SMILES string of the molecule is CCSc1ncccc1C1NC(c2ncc(C(=O)N(CC)c3cccnc3)n2C)=NO1. The Labute approximate surface area is 184 Å². The molecule has 9 nitrogen and oxygen atoms in total. The molecule has 4 rings (SSSR count). The Balaban J connectivity index is 1.55. The number of carbonyl (C=O) groups is 1. The number of oxime groups is 1. The van der Waals surface area contributed by atoms with E-state index in [0.29, 0.717) is 23.9 Å². The number of anilines is 1. The van der Waals surface area contributed by atoms with Crippen molar-refractivity contribution in [2.75, 3.05) is 17.2 Å². The maximum absolute atomic E-state index is 13.2. The molecule has 1 aliphatic heterocycles. The summed E-state index contributed by atoms with van der Waals surface area (Å²) in [6.07, 6.45) is 6.19. The second-order valence-corrected chi connectivity index (χ2v) is 7.94. The number of imidazole rings is 1. The van der Waals surface area contributed by atoms with Crippen molar-refractivity contribution >= 4 is 29.2 Å². The zero-order valence-corrected chi connectivity index (χ0v) is 18.3. The molecular weight excluding hydrogens is 414 g/mol. The van der Waals surface area contributed by atoms with Gasteiger partial charge < -0.3 is 19.6 Å². The highest BCUT2D eigenvalue weighted by Crippen LogP contribution is 2.28. The topological polar surface area (TPSA) is 97.5 Å². The summed E-state index contributed by atoms with van der Waals surface area (Å²) in [5.74, 6) is 1.72. The number of pyridine rings is 2. The van der Waals surface area contributed by atoms with Gasteiger partial charge in [0.15, 0.2) is 5.82 Å². The van der Waals surface area contributed by atoms with E-state index in [1.165, 1.54) is 0 Å². The third-order valence-corrected chi connectivity index (χ3v) is 5.72. The standard InChI is InChI=1S/C21H23N7O2S/c1-4-28(14-8-6-10-22-12-14)21(29)16-13-24-18(27(16)3)17-25-19(30-26-17)15-9-7-11-23-20(15)31-5-2/h6-13,19H,4-5H2,1-3H3,(H,25,26). The summed E-state index contributed by atoms with van der Waals surface area (Å²) in [7, 11) is 1.78. The van der Waals surface area contributed by atoms with Gasteiger partial charge >= 0.3 is 0 Å². The molecular formula is C21H23N7O2S. The number of thioether (sulfide) groups is 1. The van der Waals surface area contributed by atoms with Gasteiger partial charge in [0.1, 0.15) is 10.7 Å². The van der Waals surface area contributed by atoms with Crippen LogP contribution in [0.2, 0.25) is 0 Å². The lowest BCUT2D eigenvalue weighted by molar-refractivity contribution is 0.0705. The van der Waals surface area contributed by atoms with Gasteiger partial charge in [-0.15, -0.1) is 11.8 Å². The lowest BCUT2D eigenvalue weighted by Crippen LogP contribution is -2.33. The predicted octanol–water partition coefficient (Wildman–Crippen LogP) is 2.97. The molecule has 1 unspecified atom stereocenters. The Kier molecular flexibility index (Phi) is 6.17. The molecule has 1 N–H and O–H groups in total. The van der Waals surface area contributed by atoms with Crippen molar-refractivity contribution in [3.63, 3.8) is 0 Å². The van der Waals surface area contributed by atoms with E-state index in [-0.39, 0.29) is 5.91 Å². The number of amidine groups is 1. The molecule has 0 fully saturated rings. The molecule has 3 aromatic rings. The molecule has 0 saturated heterocycles. The van der Waals surface area contributed by atoms with Crippen LogP contribution in [0, 0.1) is 0 Å².